The van der Waals surface area contributed by atoms with Crippen LogP contribution in [0, 0.1) is 0 Å². The number of carbonyl (C=O) groups is 2. The quantitative estimate of drug-likeness (QED) is 0.493. The number of rotatable bonds is 9. The Balaban J connectivity index is 1.68. The summed E-state index contributed by atoms with van der Waals surface area (Å²) in [7, 11) is 1.57. The van der Waals surface area contributed by atoms with Crippen molar-refractivity contribution in [3.63, 3.8) is 0 Å². The summed E-state index contributed by atoms with van der Waals surface area (Å²) < 4.78 is 10.9. The molecule has 33 heavy (non-hydrogen) atoms. The van der Waals surface area contributed by atoms with Crippen molar-refractivity contribution >= 4 is 23.1 Å². The number of ether oxygens (including phenoxy) is 2. The maximum atomic E-state index is 13.4. The lowest BCUT2D eigenvalue weighted by molar-refractivity contribution is -0.136. The van der Waals surface area contributed by atoms with E-state index in [1.165, 1.54) is 4.90 Å². The summed E-state index contributed by atoms with van der Waals surface area (Å²) in [6, 6.07) is 24.3. The fourth-order valence-corrected chi connectivity index (χ4v) is 3.82. The first-order valence-electron chi connectivity index (χ1n) is 10.9. The number of methoxy groups -OCH3 is 1. The van der Waals surface area contributed by atoms with Crippen molar-refractivity contribution in [2.75, 3.05) is 25.6 Å². The number of hydrogen-bond donors (Lipinski definition) is 1. The molecule has 0 saturated heterocycles. The lowest BCUT2D eigenvalue weighted by Crippen LogP contribution is -2.34. The highest BCUT2D eigenvalue weighted by Crippen LogP contribution is 2.34. The van der Waals surface area contributed by atoms with Gasteiger partial charge in [0.05, 0.1) is 25.0 Å². The van der Waals surface area contributed by atoms with Gasteiger partial charge in [-0.05, 0) is 48.7 Å². The van der Waals surface area contributed by atoms with E-state index >= 15 is 0 Å². The normalized spacial score (nSPS) is 13.5. The van der Waals surface area contributed by atoms with Crippen LogP contribution in [0.2, 0.25) is 0 Å². The highest BCUT2D eigenvalue weighted by molar-refractivity contribution is 6.36. The van der Waals surface area contributed by atoms with Crippen molar-refractivity contribution in [2.45, 2.75) is 13.3 Å². The van der Waals surface area contributed by atoms with E-state index in [0.29, 0.717) is 47.9 Å². The minimum Gasteiger partial charge on any atom is -0.495 e. The van der Waals surface area contributed by atoms with E-state index in [-0.39, 0.29) is 17.5 Å². The Morgan fingerprint density at radius 2 is 1.55 bits per heavy atom. The molecule has 6 nitrogen and oxygen atoms in total. The van der Waals surface area contributed by atoms with Gasteiger partial charge in [0.1, 0.15) is 17.2 Å². The average molecular weight is 443 g/mol. The first-order chi connectivity index (χ1) is 16.1. The van der Waals surface area contributed by atoms with Crippen molar-refractivity contribution in [1.29, 1.82) is 0 Å². The van der Waals surface area contributed by atoms with Gasteiger partial charge in [-0.25, -0.2) is 0 Å². The number of hydrogen-bond acceptors (Lipinski definition) is 5. The van der Waals surface area contributed by atoms with Gasteiger partial charge in [0, 0.05) is 6.54 Å². The molecule has 1 aliphatic rings. The second kappa shape index (κ2) is 10.0. The number of carbonyl (C=O) groups excluding carboxylic acids is 2. The average Bonchev–Trinajstić information content (AvgIpc) is 3.08. The van der Waals surface area contributed by atoms with Gasteiger partial charge < -0.3 is 14.8 Å². The van der Waals surface area contributed by atoms with Gasteiger partial charge in [0.15, 0.2) is 0 Å². The molecule has 0 aromatic heterocycles. The van der Waals surface area contributed by atoms with Crippen LogP contribution in [0.15, 0.2) is 84.6 Å². The van der Waals surface area contributed by atoms with Gasteiger partial charge in [-0.3, -0.25) is 14.5 Å². The Labute approximate surface area is 193 Å². The van der Waals surface area contributed by atoms with Gasteiger partial charge in [-0.1, -0.05) is 54.6 Å². The van der Waals surface area contributed by atoms with Crippen LogP contribution in [0.4, 0.5) is 5.69 Å². The first kappa shape index (κ1) is 22.1. The number of nitrogens with one attached hydrogen (secondary N) is 1. The summed E-state index contributed by atoms with van der Waals surface area (Å²) in [5, 5.41) is 3.17. The fraction of sp³-hybridized carbons (Fsp3) is 0.185. The number of nitrogens with zero attached hydrogens (tertiary/aromatic N) is 1. The van der Waals surface area contributed by atoms with Gasteiger partial charge in [0.2, 0.25) is 0 Å². The fourth-order valence-electron chi connectivity index (χ4n) is 3.82. The molecular formula is C27H26N2O4. The van der Waals surface area contributed by atoms with E-state index in [4.69, 9.17) is 9.47 Å². The molecule has 168 valence electrons. The molecule has 1 aliphatic heterocycles. The van der Waals surface area contributed by atoms with Crippen LogP contribution in [0.1, 0.15) is 18.1 Å². The predicted molar refractivity (Wildman–Crippen MR) is 128 cm³/mol. The zero-order chi connectivity index (χ0) is 23.2. The van der Waals surface area contributed by atoms with Gasteiger partial charge in [-0.2, -0.15) is 0 Å². The van der Waals surface area contributed by atoms with E-state index < -0.39 is 0 Å². The van der Waals surface area contributed by atoms with Crippen molar-refractivity contribution in [1.82, 2.24) is 4.90 Å². The van der Waals surface area contributed by atoms with Crippen molar-refractivity contribution in [2.24, 2.45) is 0 Å². The van der Waals surface area contributed by atoms with Crippen LogP contribution in [-0.4, -0.2) is 37.0 Å². The smallest absolute Gasteiger partial charge is 0.278 e. The zero-order valence-corrected chi connectivity index (χ0v) is 18.7. The monoisotopic (exact) mass is 442 g/mol. The number of benzene rings is 3. The molecule has 6 heteroatoms. The Morgan fingerprint density at radius 3 is 2.24 bits per heavy atom. The SMILES string of the molecule is CCOc1ccc(C2=C(Nc3ccccc3OC)C(=O)N(CCc3ccccc3)C2=O)cc1. The molecule has 4 rings (SSSR count). The lowest BCUT2D eigenvalue weighted by atomic mass is 10.0. The number of para-hydroxylation sites is 2. The lowest BCUT2D eigenvalue weighted by Gasteiger charge is -2.16. The Hall–Kier alpha value is -4.06. The molecule has 3 aromatic carbocycles. The Kier molecular flexibility index (Phi) is 6.74. The van der Waals surface area contributed by atoms with Crippen LogP contribution in [0.3, 0.4) is 0 Å². The van der Waals surface area contributed by atoms with Gasteiger partial charge in [0.25, 0.3) is 11.8 Å². The third-order valence-corrected chi connectivity index (χ3v) is 5.46. The molecule has 0 radical (unpaired) electrons. The molecule has 0 spiro atoms. The van der Waals surface area contributed by atoms with E-state index in [1.807, 2.05) is 55.5 Å². The minimum atomic E-state index is -0.356. The molecule has 0 bridgehead atoms. The molecule has 3 aromatic rings. The third kappa shape index (κ3) is 4.75. The van der Waals surface area contributed by atoms with Crippen molar-refractivity contribution in [3.05, 3.63) is 95.7 Å². The molecule has 0 fully saturated rings. The first-order valence-corrected chi connectivity index (χ1v) is 10.9. The highest BCUT2D eigenvalue weighted by atomic mass is 16.5. The highest BCUT2D eigenvalue weighted by Gasteiger charge is 2.39. The summed E-state index contributed by atoms with van der Waals surface area (Å²) in [5.74, 6) is 0.612. The van der Waals surface area contributed by atoms with Gasteiger partial charge in [-0.15, -0.1) is 0 Å². The number of amides is 2. The van der Waals surface area contributed by atoms with Crippen LogP contribution in [-0.2, 0) is 16.0 Å². The van der Waals surface area contributed by atoms with Crippen LogP contribution in [0.25, 0.3) is 5.57 Å². The maximum absolute atomic E-state index is 13.4. The van der Waals surface area contributed by atoms with Gasteiger partial charge >= 0.3 is 0 Å². The number of imide groups is 1. The molecule has 0 saturated carbocycles. The minimum absolute atomic E-state index is 0.238. The van der Waals surface area contributed by atoms with E-state index in [9.17, 15) is 9.59 Å². The summed E-state index contributed by atoms with van der Waals surface area (Å²) in [5.41, 5.74) is 2.90. The molecule has 0 unspecified atom stereocenters. The van der Waals surface area contributed by atoms with Crippen LogP contribution in [0.5, 0.6) is 11.5 Å². The van der Waals surface area contributed by atoms with E-state index in [2.05, 4.69) is 5.32 Å². The summed E-state index contributed by atoms with van der Waals surface area (Å²) in [4.78, 5) is 28.2. The molecule has 1 heterocycles. The predicted octanol–water partition coefficient (Wildman–Crippen LogP) is 4.53. The van der Waals surface area contributed by atoms with Crippen LogP contribution < -0.4 is 14.8 Å². The summed E-state index contributed by atoms with van der Waals surface area (Å²) >= 11 is 0. The third-order valence-electron chi connectivity index (χ3n) is 5.46. The topological polar surface area (TPSA) is 67.9 Å². The Bertz CT molecular complexity index is 1170. The number of anilines is 1. The summed E-state index contributed by atoms with van der Waals surface area (Å²) in [6.07, 6.45) is 0.580. The second-order valence-corrected chi connectivity index (χ2v) is 7.53. The molecule has 0 atom stereocenters. The van der Waals surface area contributed by atoms with E-state index in [0.717, 1.165) is 5.56 Å². The van der Waals surface area contributed by atoms with Crippen molar-refractivity contribution < 1.29 is 19.1 Å². The van der Waals surface area contributed by atoms with Crippen LogP contribution >= 0.6 is 0 Å². The second-order valence-electron chi connectivity index (χ2n) is 7.53. The molecule has 1 N–H and O–H groups in total. The largest absolute Gasteiger partial charge is 0.495 e. The standard InChI is InChI=1S/C27H26N2O4/c1-3-33-21-15-13-20(14-16-21)24-25(28-22-11-7-8-12-23(22)32-2)27(31)29(26(24)30)18-17-19-9-5-4-6-10-19/h4-16,28H,3,17-18H2,1-2H3. The molecule has 0 aliphatic carbocycles. The maximum Gasteiger partial charge on any atom is 0.278 e. The molecular weight excluding hydrogens is 416 g/mol. The summed E-state index contributed by atoms with van der Waals surface area (Å²) in [6.45, 7) is 2.75. The van der Waals surface area contributed by atoms with E-state index in [1.54, 1.807) is 37.4 Å². The zero-order valence-electron chi connectivity index (χ0n) is 18.7. The van der Waals surface area contributed by atoms with Crippen molar-refractivity contribution in [3.8, 4) is 11.5 Å². The Morgan fingerprint density at radius 1 is 0.848 bits per heavy atom. The molecule has 2 amide bonds.